The van der Waals surface area contributed by atoms with Crippen molar-refractivity contribution in [3.63, 3.8) is 0 Å². The third-order valence-corrected chi connectivity index (χ3v) is 4.83. The van der Waals surface area contributed by atoms with Crippen molar-refractivity contribution in [3.05, 3.63) is 69.0 Å². The third kappa shape index (κ3) is 2.86. The molecule has 0 aromatic heterocycles. The quantitative estimate of drug-likeness (QED) is 0.875. The fourth-order valence-corrected chi connectivity index (χ4v) is 3.09. The topological polar surface area (TPSA) is 26.0 Å². The van der Waals surface area contributed by atoms with Gasteiger partial charge in [0.05, 0.1) is 0 Å². The highest BCUT2D eigenvalue weighted by Crippen LogP contribution is 2.31. The minimum atomic E-state index is -0.181. The Morgan fingerprint density at radius 2 is 1.33 bits per heavy atom. The van der Waals surface area contributed by atoms with Crippen LogP contribution in [0.25, 0.3) is 0 Å². The summed E-state index contributed by atoms with van der Waals surface area (Å²) in [6.07, 6.45) is 0.524. The molecule has 0 saturated heterocycles. The van der Waals surface area contributed by atoms with Crippen LogP contribution in [-0.2, 0) is 6.42 Å². The Labute approximate surface area is 127 Å². The maximum Gasteiger partial charge on any atom is 0.126 e. The zero-order chi connectivity index (χ0) is 15.7. The van der Waals surface area contributed by atoms with Crippen molar-refractivity contribution in [3.8, 4) is 0 Å². The van der Waals surface area contributed by atoms with Crippen LogP contribution < -0.4 is 5.73 Å². The molecule has 0 saturated carbocycles. The largest absolute Gasteiger partial charge is 0.324 e. The van der Waals surface area contributed by atoms with E-state index in [0.717, 1.165) is 0 Å². The summed E-state index contributed by atoms with van der Waals surface area (Å²) in [7, 11) is 0. The molecule has 0 fully saturated rings. The maximum absolute atomic E-state index is 13.8. The number of halogens is 1. The van der Waals surface area contributed by atoms with Gasteiger partial charge in [-0.1, -0.05) is 18.2 Å². The lowest BCUT2D eigenvalue weighted by molar-refractivity contribution is 0.592. The van der Waals surface area contributed by atoms with Crippen LogP contribution in [0.1, 0.15) is 45.0 Å². The molecular formula is C19H24FN. The van der Waals surface area contributed by atoms with Crippen molar-refractivity contribution >= 4 is 0 Å². The predicted octanol–water partition coefficient (Wildman–Crippen LogP) is 4.61. The zero-order valence-corrected chi connectivity index (χ0v) is 13.5. The van der Waals surface area contributed by atoms with E-state index in [-0.39, 0.29) is 11.9 Å². The van der Waals surface area contributed by atoms with Gasteiger partial charge in [-0.15, -0.1) is 0 Å². The first kappa shape index (κ1) is 15.7. The molecule has 0 heterocycles. The summed E-state index contributed by atoms with van der Waals surface area (Å²) in [5, 5.41) is 0. The van der Waals surface area contributed by atoms with E-state index in [2.05, 4.69) is 34.6 Å². The summed E-state index contributed by atoms with van der Waals surface area (Å²) in [6.45, 7) is 10.7. The summed E-state index contributed by atoms with van der Waals surface area (Å²) < 4.78 is 13.8. The van der Waals surface area contributed by atoms with Gasteiger partial charge in [0, 0.05) is 6.04 Å². The van der Waals surface area contributed by atoms with Crippen molar-refractivity contribution < 1.29 is 4.39 Å². The molecule has 2 N–H and O–H groups in total. The Hall–Kier alpha value is -1.67. The summed E-state index contributed by atoms with van der Waals surface area (Å²) in [4.78, 5) is 0. The normalized spacial score (nSPS) is 12.5. The minimum Gasteiger partial charge on any atom is -0.324 e. The van der Waals surface area contributed by atoms with Crippen LogP contribution in [0.4, 0.5) is 4.39 Å². The molecule has 0 aliphatic rings. The van der Waals surface area contributed by atoms with E-state index in [0.29, 0.717) is 12.0 Å². The van der Waals surface area contributed by atoms with E-state index >= 15 is 0 Å². The van der Waals surface area contributed by atoms with E-state index < -0.39 is 0 Å². The lowest BCUT2D eigenvalue weighted by Gasteiger charge is -2.23. The van der Waals surface area contributed by atoms with Gasteiger partial charge in [0.15, 0.2) is 0 Å². The van der Waals surface area contributed by atoms with Crippen molar-refractivity contribution in [1.82, 2.24) is 0 Å². The summed E-state index contributed by atoms with van der Waals surface area (Å²) >= 11 is 0. The number of rotatable bonds is 3. The Balaban J connectivity index is 2.45. The SMILES string of the molecule is Cc1c(C)c(C)c(C(N)Cc2ccccc2F)c(C)c1C. The second-order valence-electron chi connectivity index (χ2n) is 5.94. The van der Waals surface area contributed by atoms with Crippen LogP contribution >= 0.6 is 0 Å². The highest BCUT2D eigenvalue weighted by atomic mass is 19.1. The highest BCUT2D eigenvalue weighted by molar-refractivity contribution is 5.51. The van der Waals surface area contributed by atoms with Crippen molar-refractivity contribution in [2.75, 3.05) is 0 Å². The van der Waals surface area contributed by atoms with Gasteiger partial charge in [-0.05, 0) is 86.1 Å². The van der Waals surface area contributed by atoms with Crippen LogP contribution in [0.5, 0.6) is 0 Å². The Morgan fingerprint density at radius 1 is 0.857 bits per heavy atom. The second-order valence-corrected chi connectivity index (χ2v) is 5.94. The highest BCUT2D eigenvalue weighted by Gasteiger charge is 2.18. The Bertz CT molecular complexity index is 645. The third-order valence-electron chi connectivity index (χ3n) is 4.83. The van der Waals surface area contributed by atoms with Crippen molar-refractivity contribution in [1.29, 1.82) is 0 Å². The summed E-state index contributed by atoms with van der Waals surface area (Å²) in [5.74, 6) is -0.177. The Kier molecular flexibility index (Phi) is 4.48. The first-order valence-electron chi connectivity index (χ1n) is 7.40. The summed E-state index contributed by atoms with van der Waals surface area (Å²) in [5.41, 5.74) is 14.6. The molecule has 0 bridgehead atoms. The number of hydrogen-bond donors (Lipinski definition) is 1. The van der Waals surface area contributed by atoms with E-state index in [1.165, 1.54) is 39.4 Å². The lowest BCUT2D eigenvalue weighted by atomic mass is 9.85. The zero-order valence-electron chi connectivity index (χ0n) is 13.5. The molecule has 2 aromatic carbocycles. The van der Waals surface area contributed by atoms with Crippen LogP contribution in [-0.4, -0.2) is 0 Å². The van der Waals surface area contributed by atoms with Crippen molar-refractivity contribution in [2.24, 2.45) is 5.73 Å². The molecule has 0 amide bonds. The van der Waals surface area contributed by atoms with Gasteiger partial charge in [0.25, 0.3) is 0 Å². The molecule has 21 heavy (non-hydrogen) atoms. The minimum absolute atomic E-state index is 0.177. The van der Waals surface area contributed by atoms with Crippen molar-refractivity contribution in [2.45, 2.75) is 47.1 Å². The molecular weight excluding hydrogens is 261 g/mol. The molecule has 2 rings (SSSR count). The van der Waals surface area contributed by atoms with E-state index in [1.54, 1.807) is 6.07 Å². The first-order valence-corrected chi connectivity index (χ1v) is 7.40. The molecule has 112 valence electrons. The average molecular weight is 285 g/mol. The van der Waals surface area contributed by atoms with E-state index in [9.17, 15) is 4.39 Å². The van der Waals surface area contributed by atoms with Crippen LogP contribution in [0.15, 0.2) is 24.3 Å². The van der Waals surface area contributed by atoms with Gasteiger partial charge in [0.1, 0.15) is 5.82 Å². The molecule has 0 spiro atoms. The average Bonchev–Trinajstić information content (AvgIpc) is 2.46. The molecule has 1 unspecified atom stereocenters. The molecule has 2 heteroatoms. The summed E-state index contributed by atoms with van der Waals surface area (Å²) in [6, 6.07) is 6.69. The van der Waals surface area contributed by atoms with Gasteiger partial charge in [-0.2, -0.15) is 0 Å². The molecule has 0 aliphatic heterocycles. The van der Waals surface area contributed by atoms with Crippen LogP contribution in [0.3, 0.4) is 0 Å². The van der Waals surface area contributed by atoms with Gasteiger partial charge in [-0.3, -0.25) is 0 Å². The molecule has 0 radical (unpaired) electrons. The van der Waals surface area contributed by atoms with Gasteiger partial charge in [0.2, 0.25) is 0 Å². The number of hydrogen-bond acceptors (Lipinski definition) is 1. The van der Waals surface area contributed by atoms with Crippen LogP contribution in [0, 0.1) is 40.4 Å². The lowest BCUT2D eigenvalue weighted by Crippen LogP contribution is -2.18. The maximum atomic E-state index is 13.8. The van der Waals surface area contributed by atoms with E-state index in [1.807, 2.05) is 12.1 Å². The standard InChI is InChI=1S/C19H24FN/c1-11-12(2)14(4)19(15(5)13(11)3)18(21)10-16-8-6-7-9-17(16)20/h6-9,18H,10,21H2,1-5H3. The molecule has 2 aromatic rings. The predicted molar refractivity (Wildman–Crippen MR) is 87.2 cm³/mol. The monoisotopic (exact) mass is 285 g/mol. The fraction of sp³-hybridized carbons (Fsp3) is 0.368. The molecule has 0 aliphatic carbocycles. The van der Waals surface area contributed by atoms with E-state index in [4.69, 9.17) is 5.73 Å². The fourth-order valence-electron chi connectivity index (χ4n) is 3.09. The molecule has 1 nitrogen and oxygen atoms in total. The molecule has 1 atom stereocenters. The van der Waals surface area contributed by atoms with Gasteiger partial charge >= 0.3 is 0 Å². The van der Waals surface area contributed by atoms with Gasteiger partial charge in [-0.25, -0.2) is 4.39 Å². The smallest absolute Gasteiger partial charge is 0.126 e. The number of benzene rings is 2. The van der Waals surface area contributed by atoms with Crippen LogP contribution in [0.2, 0.25) is 0 Å². The first-order chi connectivity index (χ1) is 9.84. The Morgan fingerprint density at radius 3 is 1.86 bits per heavy atom. The number of nitrogens with two attached hydrogens (primary N) is 1. The van der Waals surface area contributed by atoms with Gasteiger partial charge < -0.3 is 5.73 Å². The second kappa shape index (κ2) is 5.98.